The minimum Gasteiger partial charge on any atom is -0.449 e. The average Bonchev–Trinajstić information content (AvgIpc) is 2.38. The van der Waals surface area contributed by atoms with Gasteiger partial charge in [-0.15, -0.1) is 0 Å². The van der Waals surface area contributed by atoms with Gasteiger partial charge in [-0.3, -0.25) is 0 Å². The number of hydrogen-bond acceptors (Lipinski definition) is 2. The van der Waals surface area contributed by atoms with E-state index >= 15 is 0 Å². The second-order valence-corrected chi connectivity index (χ2v) is 4.99. The van der Waals surface area contributed by atoms with E-state index in [0.29, 0.717) is 0 Å². The van der Waals surface area contributed by atoms with Crippen LogP contribution in [0.1, 0.15) is 5.56 Å². The lowest BCUT2D eigenvalue weighted by Crippen LogP contribution is -2.07. The molecule has 2 rings (SSSR count). The lowest BCUT2D eigenvalue weighted by Gasteiger charge is -2.13. The molecule has 2 aromatic carbocycles. The maximum absolute atomic E-state index is 13.7. The molecule has 0 spiro atoms. The Labute approximate surface area is 131 Å². The quantitative estimate of drug-likeness (QED) is 0.555. The molecule has 0 aliphatic carbocycles. The standard InChI is InChI=1S/C13H6Cl2F5NO/c14-6-3-10(21)11(4-7(6)15)22-12-8(16)1-5(2-9(12)17)13(18,19)20/h1-4H,21H2. The fourth-order valence-electron chi connectivity index (χ4n) is 1.56. The number of rotatable bonds is 2. The van der Waals surface area contributed by atoms with Crippen molar-refractivity contribution in [2.75, 3.05) is 5.73 Å². The minimum atomic E-state index is -4.89. The molecule has 0 aromatic heterocycles. The van der Waals surface area contributed by atoms with E-state index in [2.05, 4.69) is 0 Å². The predicted octanol–water partition coefficient (Wildman–Crippen LogP) is 5.66. The summed E-state index contributed by atoms with van der Waals surface area (Å²) in [6, 6.07) is 2.51. The Morgan fingerprint density at radius 1 is 0.909 bits per heavy atom. The average molecular weight is 358 g/mol. The molecule has 9 heteroatoms. The van der Waals surface area contributed by atoms with Gasteiger partial charge in [-0.25, -0.2) is 8.78 Å². The molecule has 0 aliphatic heterocycles. The summed E-state index contributed by atoms with van der Waals surface area (Å²) in [6.45, 7) is 0. The molecule has 0 bridgehead atoms. The number of nitrogen functional groups attached to an aromatic ring is 1. The zero-order valence-electron chi connectivity index (χ0n) is 10.4. The van der Waals surface area contributed by atoms with Gasteiger partial charge in [0.05, 0.1) is 21.3 Å². The molecule has 0 radical (unpaired) electrons. The molecule has 118 valence electrons. The first-order chi connectivity index (χ1) is 10.1. The van der Waals surface area contributed by atoms with Crippen LogP contribution in [0, 0.1) is 11.6 Å². The number of hydrogen-bond donors (Lipinski definition) is 1. The molecular weight excluding hydrogens is 352 g/mol. The lowest BCUT2D eigenvalue weighted by molar-refractivity contribution is -0.138. The fraction of sp³-hybridized carbons (Fsp3) is 0.0769. The van der Waals surface area contributed by atoms with Crippen LogP contribution in [-0.4, -0.2) is 0 Å². The number of anilines is 1. The van der Waals surface area contributed by atoms with Crippen molar-refractivity contribution in [2.24, 2.45) is 0 Å². The van der Waals surface area contributed by atoms with Crippen LogP contribution < -0.4 is 10.5 Å². The van der Waals surface area contributed by atoms with E-state index < -0.39 is 29.1 Å². The molecule has 2 nitrogen and oxygen atoms in total. The van der Waals surface area contributed by atoms with Gasteiger partial charge in [-0.2, -0.15) is 13.2 Å². The van der Waals surface area contributed by atoms with Crippen LogP contribution in [-0.2, 0) is 6.18 Å². The van der Waals surface area contributed by atoms with Crippen molar-refractivity contribution in [2.45, 2.75) is 6.18 Å². The molecule has 0 saturated heterocycles. The summed E-state index contributed by atoms with van der Waals surface area (Å²) in [5.41, 5.74) is 3.98. The van der Waals surface area contributed by atoms with E-state index in [4.69, 9.17) is 33.7 Å². The van der Waals surface area contributed by atoms with Crippen LogP contribution in [0.2, 0.25) is 10.0 Å². The molecule has 0 fully saturated rings. The van der Waals surface area contributed by atoms with Crippen LogP contribution in [0.3, 0.4) is 0 Å². The fourth-order valence-corrected chi connectivity index (χ4v) is 1.89. The molecule has 22 heavy (non-hydrogen) atoms. The van der Waals surface area contributed by atoms with E-state index in [1.165, 1.54) is 6.07 Å². The van der Waals surface area contributed by atoms with Crippen molar-refractivity contribution in [3.05, 3.63) is 51.5 Å². The van der Waals surface area contributed by atoms with Gasteiger partial charge in [-0.05, 0) is 18.2 Å². The number of benzene rings is 2. The van der Waals surface area contributed by atoms with Crippen LogP contribution in [0.25, 0.3) is 0 Å². The first-order valence-electron chi connectivity index (χ1n) is 5.58. The Balaban J connectivity index is 2.45. The first-order valence-corrected chi connectivity index (χ1v) is 6.34. The summed E-state index contributed by atoms with van der Waals surface area (Å²) in [5, 5.41) is 0.0819. The van der Waals surface area contributed by atoms with Crippen molar-refractivity contribution in [1.29, 1.82) is 0 Å². The highest BCUT2D eigenvalue weighted by molar-refractivity contribution is 6.42. The van der Waals surface area contributed by atoms with Gasteiger partial charge in [0.15, 0.2) is 23.1 Å². The first kappa shape index (κ1) is 16.6. The SMILES string of the molecule is Nc1cc(Cl)c(Cl)cc1Oc1c(F)cc(C(F)(F)F)cc1F. The largest absolute Gasteiger partial charge is 0.449 e. The van der Waals surface area contributed by atoms with Gasteiger partial charge in [-0.1, -0.05) is 23.2 Å². The summed E-state index contributed by atoms with van der Waals surface area (Å²) in [6.07, 6.45) is -4.89. The van der Waals surface area contributed by atoms with E-state index in [0.717, 1.165) is 6.07 Å². The Morgan fingerprint density at radius 2 is 1.41 bits per heavy atom. The Bertz CT molecular complexity index is 710. The van der Waals surface area contributed by atoms with E-state index in [1.807, 2.05) is 0 Å². The maximum Gasteiger partial charge on any atom is 0.416 e. The van der Waals surface area contributed by atoms with E-state index in [1.54, 1.807) is 0 Å². The lowest BCUT2D eigenvalue weighted by atomic mass is 10.2. The Kier molecular flexibility index (Phi) is 4.39. The summed E-state index contributed by atoms with van der Waals surface area (Å²) < 4.78 is 69.6. The molecule has 0 aliphatic rings. The van der Waals surface area contributed by atoms with Crippen molar-refractivity contribution < 1.29 is 26.7 Å². The van der Waals surface area contributed by atoms with Gasteiger partial charge in [0, 0.05) is 6.07 Å². The highest BCUT2D eigenvalue weighted by Crippen LogP contribution is 2.39. The number of ether oxygens (including phenoxy) is 1. The topological polar surface area (TPSA) is 35.2 Å². The van der Waals surface area contributed by atoms with E-state index in [9.17, 15) is 22.0 Å². The predicted molar refractivity (Wildman–Crippen MR) is 72.3 cm³/mol. The molecule has 0 saturated carbocycles. The van der Waals surface area contributed by atoms with Gasteiger partial charge < -0.3 is 10.5 Å². The summed E-state index contributed by atoms with van der Waals surface area (Å²) in [5.74, 6) is -4.33. The van der Waals surface area contributed by atoms with Crippen LogP contribution >= 0.6 is 23.2 Å². The highest BCUT2D eigenvalue weighted by atomic mass is 35.5. The zero-order chi connectivity index (χ0) is 16.7. The summed E-state index contributed by atoms with van der Waals surface area (Å²) >= 11 is 11.4. The van der Waals surface area contributed by atoms with Crippen LogP contribution in [0.4, 0.5) is 27.6 Å². The second kappa shape index (κ2) is 5.81. The zero-order valence-corrected chi connectivity index (χ0v) is 12.0. The Hall–Kier alpha value is -1.73. The second-order valence-electron chi connectivity index (χ2n) is 4.17. The highest BCUT2D eigenvalue weighted by Gasteiger charge is 2.33. The minimum absolute atomic E-state index is 0.00130. The van der Waals surface area contributed by atoms with Crippen LogP contribution in [0.15, 0.2) is 24.3 Å². The normalized spacial score (nSPS) is 11.6. The van der Waals surface area contributed by atoms with Crippen molar-refractivity contribution in [1.82, 2.24) is 0 Å². The third-order valence-corrected chi connectivity index (χ3v) is 3.31. The maximum atomic E-state index is 13.7. The molecular formula is C13H6Cl2F5NO. The number of alkyl halides is 3. The van der Waals surface area contributed by atoms with Gasteiger partial charge in [0.25, 0.3) is 0 Å². The van der Waals surface area contributed by atoms with Crippen molar-refractivity contribution in [3.8, 4) is 11.5 Å². The summed E-state index contributed by atoms with van der Waals surface area (Å²) in [7, 11) is 0. The van der Waals surface area contributed by atoms with Crippen LogP contribution in [0.5, 0.6) is 11.5 Å². The molecule has 0 heterocycles. The van der Waals surface area contributed by atoms with Gasteiger partial charge in [0.2, 0.25) is 0 Å². The molecule has 2 N–H and O–H groups in total. The van der Waals surface area contributed by atoms with Gasteiger partial charge in [0.1, 0.15) is 0 Å². The van der Waals surface area contributed by atoms with Crippen molar-refractivity contribution in [3.63, 3.8) is 0 Å². The smallest absolute Gasteiger partial charge is 0.416 e. The third-order valence-electron chi connectivity index (χ3n) is 2.59. The number of nitrogens with two attached hydrogens (primary N) is 1. The Morgan fingerprint density at radius 3 is 1.91 bits per heavy atom. The molecule has 0 atom stereocenters. The molecule has 0 amide bonds. The van der Waals surface area contributed by atoms with Crippen molar-refractivity contribution >= 4 is 28.9 Å². The van der Waals surface area contributed by atoms with E-state index in [-0.39, 0.29) is 33.6 Å². The summed E-state index contributed by atoms with van der Waals surface area (Å²) in [4.78, 5) is 0. The monoisotopic (exact) mass is 357 g/mol. The van der Waals surface area contributed by atoms with Gasteiger partial charge >= 0.3 is 6.18 Å². The number of halogens is 7. The molecule has 0 unspecified atom stereocenters. The molecule has 2 aromatic rings. The third kappa shape index (κ3) is 3.36.